The second-order valence-electron chi connectivity index (χ2n) is 6.53. The molecule has 1 atom stereocenters. The quantitative estimate of drug-likeness (QED) is 0.725. The predicted molar refractivity (Wildman–Crippen MR) is 111 cm³/mol. The first-order chi connectivity index (χ1) is 14.0. The van der Waals surface area contributed by atoms with Gasteiger partial charge in [-0.25, -0.2) is 4.79 Å². The number of benzene rings is 2. The number of carbonyl (C=O) groups is 2. The van der Waals surface area contributed by atoms with Gasteiger partial charge in [-0.2, -0.15) is 0 Å². The largest absolute Gasteiger partial charge is 0.481 e. The molecule has 1 N–H and O–H groups in total. The second kappa shape index (κ2) is 9.62. The Hall–Kier alpha value is -2.77. The standard InChI is InChI=1S/C21H23ClN2O5/c1-14(29-17-5-3-4-15(22)12-17)20(25)23-19-7-6-16(13-18(19)21(26)27-2)24-8-10-28-11-9-24/h3-7,12-14H,8-11H2,1-2H3,(H,23,25)/t14-/m0/s1. The van der Waals surface area contributed by atoms with E-state index in [1.165, 1.54) is 7.11 Å². The zero-order valence-electron chi connectivity index (χ0n) is 16.3. The van der Waals surface area contributed by atoms with E-state index in [9.17, 15) is 9.59 Å². The van der Waals surface area contributed by atoms with E-state index >= 15 is 0 Å². The van der Waals surface area contributed by atoms with Crippen LogP contribution in [0.5, 0.6) is 5.75 Å². The molecule has 8 heteroatoms. The highest BCUT2D eigenvalue weighted by Crippen LogP contribution is 2.26. The molecule has 1 aliphatic heterocycles. The van der Waals surface area contributed by atoms with Crippen LogP contribution in [0.2, 0.25) is 5.02 Å². The maximum absolute atomic E-state index is 12.6. The van der Waals surface area contributed by atoms with Crippen LogP contribution in [0.4, 0.5) is 11.4 Å². The van der Waals surface area contributed by atoms with Gasteiger partial charge in [-0.15, -0.1) is 0 Å². The molecule has 1 aliphatic rings. The molecule has 154 valence electrons. The lowest BCUT2D eigenvalue weighted by atomic mass is 10.1. The fourth-order valence-corrected chi connectivity index (χ4v) is 3.15. The molecule has 0 unspecified atom stereocenters. The molecule has 2 aromatic carbocycles. The summed E-state index contributed by atoms with van der Waals surface area (Å²) in [5, 5.41) is 3.27. The first kappa shape index (κ1) is 21.0. The van der Waals surface area contributed by atoms with Crippen LogP contribution in [-0.2, 0) is 14.3 Å². The van der Waals surface area contributed by atoms with Gasteiger partial charge in [0.1, 0.15) is 5.75 Å². The van der Waals surface area contributed by atoms with Crippen molar-refractivity contribution in [3.05, 3.63) is 53.1 Å². The molecule has 1 fully saturated rings. The monoisotopic (exact) mass is 418 g/mol. The number of esters is 1. The third-order valence-corrected chi connectivity index (χ3v) is 4.76. The Bertz CT molecular complexity index is 883. The van der Waals surface area contributed by atoms with Crippen LogP contribution in [-0.4, -0.2) is 51.4 Å². The molecule has 1 saturated heterocycles. The minimum absolute atomic E-state index is 0.278. The molecule has 0 aliphatic carbocycles. The average Bonchev–Trinajstić information content (AvgIpc) is 2.74. The first-order valence-electron chi connectivity index (χ1n) is 9.26. The van der Waals surface area contributed by atoms with Gasteiger partial charge in [0.2, 0.25) is 0 Å². The smallest absolute Gasteiger partial charge is 0.340 e. The minimum atomic E-state index is -0.794. The third-order valence-electron chi connectivity index (χ3n) is 4.52. The summed E-state index contributed by atoms with van der Waals surface area (Å²) in [5.41, 5.74) is 1.51. The van der Waals surface area contributed by atoms with E-state index in [1.807, 2.05) is 6.07 Å². The molecule has 0 aromatic heterocycles. The van der Waals surface area contributed by atoms with Crippen molar-refractivity contribution in [3.8, 4) is 5.75 Å². The number of anilines is 2. The van der Waals surface area contributed by atoms with E-state index in [1.54, 1.807) is 43.3 Å². The molecule has 1 amide bonds. The maximum atomic E-state index is 12.6. The fraction of sp³-hybridized carbons (Fsp3) is 0.333. The van der Waals surface area contributed by atoms with Gasteiger partial charge < -0.3 is 24.4 Å². The topological polar surface area (TPSA) is 77.1 Å². The Morgan fingerprint density at radius 2 is 1.93 bits per heavy atom. The molecular weight excluding hydrogens is 396 g/mol. The van der Waals surface area contributed by atoms with Crippen LogP contribution >= 0.6 is 11.6 Å². The van der Waals surface area contributed by atoms with Crippen LogP contribution < -0.4 is 15.0 Å². The van der Waals surface area contributed by atoms with Gasteiger partial charge in [-0.3, -0.25) is 4.79 Å². The number of methoxy groups -OCH3 is 1. The Kier molecular flexibility index (Phi) is 6.95. The summed E-state index contributed by atoms with van der Waals surface area (Å²) in [7, 11) is 1.31. The average molecular weight is 419 g/mol. The highest BCUT2D eigenvalue weighted by molar-refractivity contribution is 6.30. The van der Waals surface area contributed by atoms with Crippen molar-refractivity contribution >= 4 is 34.9 Å². The van der Waals surface area contributed by atoms with Crippen molar-refractivity contribution < 1.29 is 23.8 Å². The number of ether oxygens (including phenoxy) is 3. The summed E-state index contributed by atoms with van der Waals surface area (Å²) < 4.78 is 15.9. The lowest BCUT2D eigenvalue weighted by Crippen LogP contribution is -2.36. The highest BCUT2D eigenvalue weighted by Gasteiger charge is 2.21. The van der Waals surface area contributed by atoms with Crippen LogP contribution in [0.3, 0.4) is 0 Å². The minimum Gasteiger partial charge on any atom is -0.481 e. The lowest BCUT2D eigenvalue weighted by molar-refractivity contribution is -0.122. The van der Waals surface area contributed by atoms with E-state index in [2.05, 4.69) is 10.2 Å². The molecule has 0 saturated carbocycles. The molecule has 29 heavy (non-hydrogen) atoms. The zero-order valence-corrected chi connectivity index (χ0v) is 17.1. The molecule has 2 aromatic rings. The fourth-order valence-electron chi connectivity index (χ4n) is 2.97. The van der Waals surface area contributed by atoms with Crippen molar-refractivity contribution in [2.75, 3.05) is 43.6 Å². The summed E-state index contributed by atoms with van der Waals surface area (Å²) in [6.07, 6.45) is -0.794. The summed E-state index contributed by atoms with van der Waals surface area (Å²) in [6, 6.07) is 12.1. The van der Waals surface area contributed by atoms with Crippen LogP contribution in [0, 0.1) is 0 Å². The zero-order chi connectivity index (χ0) is 20.8. The van der Waals surface area contributed by atoms with E-state index in [-0.39, 0.29) is 5.56 Å². The number of carbonyl (C=O) groups excluding carboxylic acids is 2. The number of halogens is 1. The summed E-state index contributed by atoms with van der Waals surface area (Å²) in [5.74, 6) is -0.441. The normalized spacial score (nSPS) is 14.8. The van der Waals surface area contributed by atoms with Crippen molar-refractivity contribution in [3.63, 3.8) is 0 Å². The van der Waals surface area contributed by atoms with E-state index in [0.29, 0.717) is 29.7 Å². The van der Waals surface area contributed by atoms with Gasteiger partial charge in [0.05, 0.1) is 31.6 Å². The molecule has 0 bridgehead atoms. The highest BCUT2D eigenvalue weighted by atomic mass is 35.5. The molecule has 3 rings (SSSR count). The SMILES string of the molecule is COC(=O)c1cc(N2CCOCC2)ccc1NC(=O)[C@H](C)Oc1cccc(Cl)c1. The number of rotatable bonds is 6. The summed E-state index contributed by atoms with van der Waals surface area (Å²) in [4.78, 5) is 27.0. The Balaban J connectivity index is 1.75. The summed E-state index contributed by atoms with van der Waals surface area (Å²) in [6.45, 7) is 4.35. The van der Waals surface area contributed by atoms with Crippen molar-refractivity contribution in [2.24, 2.45) is 0 Å². The van der Waals surface area contributed by atoms with E-state index < -0.39 is 18.0 Å². The number of amides is 1. The molecule has 0 radical (unpaired) electrons. The van der Waals surface area contributed by atoms with Crippen molar-refractivity contribution in [1.29, 1.82) is 0 Å². The molecular formula is C21H23ClN2O5. The van der Waals surface area contributed by atoms with Crippen LogP contribution in [0.25, 0.3) is 0 Å². The maximum Gasteiger partial charge on any atom is 0.340 e. The van der Waals surface area contributed by atoms with Gasteiger partial charge in [0, 0.05) is 23.8 Å². The van der Waals surface area contributed by atoms with E-state index in [4.69, 9.17) is 25.8 Å². The van der Waals surface area contributed by atoms with Gasteiger partial charge in [0.25, 0.3) is 5.91 Å². The third kappa shape index (κ3) is 5.40. The summed E-state index contributed by atoms with van der Waals surface area (Å²) >= 11 is 5.94. The predicted octanol–water partition coefficient (Wildman–Crippen LogP) is 3.37. The van der Waals surface area contributed by atoms with Crippen molar-refractivity contribution in [1.82, 2.24) is 0 Å². The second-order valence-corrected chi connectivity index (χ2v) is 6.96. The Labute approximate surface area is 174 Å². The van der Waals surface area contributed by atoms with Crippen LogP contribution in [0.15, 0.2) is 42.5 Å². The Morgan fingerprint density at radius 1 is 1.17 bits per heavy atom. The molecule has 7 nitrogen and oxygen atoms in total. The Morgan fingerprint density at radius 3 is 2.62 bits per heavy atom. The molecule has 1 heterocycles. The number of morpholine rings is 1. The van der Waals surface area contributed by atoms with Gasteiger partial charge in [-0.05, 0) is 43.3 Å². The van der Waals surface area contributed by atoms with Crippen molar-refractivity contribution in [2.45, 2.75) is 13.0 Å². The lowest BCUT2D eigenvalue weighted by Gasteiger charge is -2.29. The first-order valence-corrected chi connectivity index (χ1v) is 9.64. The number of hydrogen-bond donors (Lipinski definition) is 1. The van der Waals surface area contributed by atoms with Crippen LogP contribution in [0.1, 0.15) is 17.3 Å². The van der Waals surface area contributed by atoms with Gasteiger partial charge >= 0.3 is 5.97 Å². The number of hydrogen-bond acceptors (Lipinski definition) is 6. The van der Waals surface area contributed by atoms with E-state index in [0.717, 1.165) is 18.8 Å². The van der Waals surface area contributed by atoms with Gasteiger partial charge in [0.15, 0.2) is 6.10 Å². The number of nitrogens with zero attached hydrogens (tertiary/aromatic N) is 1. The number of nitrogens with one attached hydrogen (secondary N) is 1. The van der Waals surface area contributed by atoms with Gasteiger partial charge in [-0.1, -0.05) is 17.7 Å². The molecule has 0 spiro atoms.